The highest BCUT2D eigenvalue weighted by Crippen LogP contribution is 2.32. The molecule has 0 radical (unpaired) electrons. The highest BCUT2D eigenvalue weighted by molar-refractivity contribution is 7.98. The van der Waals surface area contributed by atoms with Gasteiger partial charge in [-0.15, -0.1) is 11.8 Å². The molecule has 2 nitrogen and oxygen atoms in total. The van der Waals surface area contributed by atoms with E-state index in [1.54, 1.807) is 17.8 Å². The Kier molecular flexibility index (Phi) is 5.13. The molecule has 0 aliphatic heterocycles. The third kappa shape index (κ3) is 3.25. The van der Waals surface area contributed by atoms with Crippen LogP contribution in [0.2, 0.25) is 10.0 Å². The number of nitrogens with two attached hydrogens (primary N) is 1. The summed E-state index contributed by atoms with van der Waals surface area (Å²) in [5, 5.41) is 1.07. The van der Waals surface area contributed by atoms with Crippen LogP contribution in [0, 0.1) is 0 Å². The minimum absolute atomic E-state index is 0.113. The lowest BCUT2D eigenvalue weighted by Gasteiger charge is -2.20. The zero-order valence-corrected chi connectivity index (χ0v) is 12.7. The van der Waals surface area contributed by atoms with Crippen LogP contribution in [0.4, 0.5) is 0 Å². The van der Waals surface area contributed by atoms with E-state index in [2.05, 4.69) is 17.6 Å². The Hall–Kier alpha value is -0.710. The minimum atomic E-state index is -0.113. The summed E-state index contributed by atoms with van der Waals surface area (Å²) in [6, 6.07) is 13.6. The Labute approximate surface area is 127 Å². The van der Waals surface area contributed by atoms with Crippen molar-refractivity contribution >= 4 is 35.0 Å². The Bertz CT molecular complexity index is 575. The van der Waals surface area contributed by atoms with Gasteiger partial charge in [0.25, 0.3) is 0 Å². The maximum absolute atomic E-state index is 6.07. The van der Waals surface area contributed by atoms with E-state index in [1.807, 2.05) is 30.5 Å². The van der Waals surface area contributed by atoms with Crippen LogP contribution in [0.25, 0.3) is 0 Å². The molecule has 3 N–H and O–H groups in total. The fourth-order valence-electron chi connectivity index (χ4n) is 1.96. The van der Waals surface area contributed by atoms with Crippen molar-refractivity contribution in [2.45, 2.75) is 10.9 Å². The zero-order valence-electron chi connectivity index (χ0n) is 10.4. The normalized spacial score (nSPS) is 12.4. The number of thioether (sulfide) groups is 1. The summed E-state index contributed by atoms with van der Waals surface area (Å²) < 4.78 is 0. The molecule has 0 heterocycles. The standard InChI is InChI=1S/C14H14Cl2N2S/c1-19-13-5-3-2-4-10(13)14(18-17)9-6-7-11(15)12(16)8-9/h2-8,14,18H,17H2,1H3. The fraction of sp³-hybridized carbons (Fsp3) is 0.143. The van der Waals surface area contributed by atoms with Crippen molar-refractivity contribution in [2.24, 2.45) is 5.84 Å². The Morgan fingerprint density at radius 1 is 1.11 bits per heavy atom. The van der Waals surface area contributed by atoms with Crippen LogP contribution in [0.1, 0.15) is 17.2 Å². The highest BCUT2D eigenvalue weighted by atomic mass is 35.5. The quantitative estimate of drug-likeness (QED) is 0.503. The van der Waals surface area contributed by atoms with E-state index in [0.717, 1.165) is 11.1 Å². The molecule has 0 spiro atoms. The molecule has 0 fully saturated rings. The van der Waals surface area contributed by atoms with Gasteiger partial charge in [-0.25, -0.2) is 5.43 Å². The third-order valence-corrected chi connectivity index (χ3v) is 4.44. The average molecular weight is 313 g/mol. The molecule has 0 aliphatic rings. The maximum atomic E-state index is 6.07. The second-order valence-corrected chi connectivity index (χ2v) is 5.68. The lowest BCUT2D eigenvalue weighted by atomic mass is 9.99. The molecule has 1 unspecified atom stereocenters. The summed E-state index contributed by atoms with van der Waals surface area (Å²) in [5.41, 5.74) is 4.95. The SMILES string of the molecule is CSc1ccccc1C(NN)c1ccc(Cl)c(Cl)c1. The molecular formula is C14H14Cl2N2S. The first-order valence-electron chi connectivity index (χ1n) is 5.71. The molecule has 1 atom stereocenters. The molecule has 0 aliphatic carbocycles. The van der Waals surface area contributed by atoms with Crippen molar-refractivity contribution in [1.29, 1.82) is 0 Å². The maximum Gasteiger partial charge on any atom is 0.0721 e. The molecular weight excluding hydrogens is 299 g/mol. The van der Waals surface area contributed by atoms with Gasteiger partial charge < -0.3 is 0 Å². The van der Waals surface area contributed by atoms with Crippen LogP contribution in [0.15, 0.2) is 47.4 Å². The molecule has 0 saturated heterocycles. The lowest BCUT2D eigenvalue weighted by Crippen LogP contribution is -2.29. The number of hydrazine groups is 1. The number of halogens is 2. The monoisotopic (exact) mass is 312 g/mol. The number of nitrogens with one attached hydrogen (secondary N) is 1. The van der Waals surface area contributed by atoms with Gasteiger partial charge >= 0.3 is 0 Å². The summed E-state index contributed by atoms with van der Waals surface area (Å²) in [6.45, 7) is 0. The van der Waals surface area contributed by atoms with Crippen molar-refractivity contribution in [3.63, 3.8) is 0 Å². The molecule has 2 aromatic carbocycles. The molecule has 5 heteroatoms. The summed E-state index contributed by atoms with van der Waals surface area (Å²) in [5.74, 6) is 5.71. The molecule has 100 valence electrons. The van der Waals surface area contributed by atoms with E-state index in [-0.39, 0.29) is 6.04 Å². The topological polar surface area (TPSA) is 38.0 Å². The van der Waals surface area contributed by atoms with Crippen molar-refractivity contribution in [3.05, 3.63) is 63.6 Å². The number of benzene rings is 2. The first kappa shape index (κ1) is 14.7. The van der Waals surface area contributed by atoms with E-state index in [4.69, 9.17) is 29.0 Å². The predicted octanol–water partition coefficient (Wildman–Crippen LogP) is 4.27. The van der Waals surface area contributed by atoms with Gasteiger partial charge in [-0.1, -0.05) is 47.5 Å². The Morgan fingerprint density at radius 2 is 1.84 bits per heavy atom. The van der Waals surface area contributed by atoms with Gasteiger partial charge in [0.1, 0.15) is 0 Å². The Morgan fingerprint density at radius 3 is 2.47 bits per heavy atom. The van der Waals surface area contributed by atoms with Gasteiger partial charge in [-0.2, -0.15) is 0 Å². The van der Waals surface area contributed by atoms with Crippen LogP contribution in [0.3, 0.4) is 0 Å². The number of hydrogen-bond acceptors (Lipinski definition) is 3. The van der Waals surface area contributed by atoms with Gasteiger partial charge in [0.15, 0.2) is 0 Å². The minimum Gasteiger partial charge on any atom is -0.271 e. The lowest BCUT2D eigenvalue weighted by molar-refractivity contribution is 0.628. The molecule has 0 amide bonds. The summed E-state index contributed by atoms with van der Waals surface area (Å²) >= 11 is 13.7. The van der Waals surface area contributed by atoms with E-state index in [1.165, 1.54) is 4.90 Å². The van der Waals surface area contributed by atoms with Crippen LogP contribution in [0.5, 0.6) is 0 Å². The van der Waals surface area contributed by atoms with Crippen molar-refractivity contribution in [1.82, 2.24) is 5.43 Å². The van der Waals surface area contributed by atoms with Gasteiger partial charge in [0.05, 0.1) is 16.1 Å². The van der Waals surface area contributed by atoms with Gasteiger partial charge in [0.2, 0.25) is 0 Å². The van der Waals surface area contributed by atoms with Crippen molar-refractivity contribution in [3.8, 4) is 0 Å². The fourth-order valence-corrected chi connectivity index (χ4v) is 2.91. The summed E-state index contributed by atoms with van der Waals surface area (Å²) in [6.07, 6.45) is 2.04. The first-order chi connectivity index (χ1) is 9.17. The average Bonchev–Trinajstić information content (AvgIpc) is 2.44. The summed E-state index contributed by atoms with van der Waals surface area (Å²) in [7, 11) is 0. The molecule has 0 saturated carbocycles. The highest BCUT2D eigenvalue weighted by Gasteiger charge is 2.16. The molecule has 19 heavy (non-hydrogen) atoms. The number of hydrogen-bond donors (Lipinski definition) is 2. The molecule has 0 bridgehead atoms. The molecule has 2 aromatic rings. The van der Waals surface area contributed by atoms with Crippen LogP contribution in [-0.2, 0) is 0 Å². The second-order valence-electron chi connectivity index (χ2n) is 4.02. The van der Waals surface area contributed by atoms with E-state index in [9.17, 15) is 0 Å². The first-order valence-corrected chi connectivity index (χ1v) is 7.69. The van der Waals surface area contributed by atoms with E-state index in [0.29, 0.717) is 10.0 Å². The second kappa shape index (κ2) is 6.64. The summed E-state index contributed by atoms with van der Waals surface area (Å²) in [4.78, 5) is 1.18. The molecule has 2 rings (SSSR count). The van der Waals surface area contributed by atoms with Crippen molar-refractivity contribution in [2.75, 3.05) is 6.26 Å². The third-order valence-electron chi connectivity index (χ3n) is 2.89. The van der Waals surface area contributed by atoms with E-state index < -0.39 is 0 Å². The molecule has 0 aromatic heterocycles. The van der Waals surface area contributed by atoms with Gasteiger partial charge in [-0.05, 0) is 35.6 Å². The van der Waals surface area contributed by atoms with Crippen LogP contribution >= 0.6 is 35.0 Å². The zero-order chi connectivity index (χ0) is 13.8. The predicted molar refractivity (Wildman–Crippen MR) is 83.9 cm³/mol. The van der Waals surface area contributed by atoms with Gasteiger partial charge in [-0.3, -0.25) is 5.84 Å². The largest absolute Gasteiger partial charge is 0.271 e. The van der Waals surface area contributed by atoms with Crippen LogP contribution in [-0.4, -0.2) is 6.26 Å². The van der Waals surface area contributed by atoms with Crippen LogP contribution < -0.4 is 11.3 Å². The Balaban J connectivity index is 2.46. The smallest absolute Gasteiger partial charge is 0.0721 e. The van der Waals surface area contributed by atoms with Gasteiger partial charge in [0, 0.05) is 4.90 Å². The van der Waals surface area contributed by atoms with Crippen molar-refractivity contribution < 1.29 is 0 Å². The number of rotatable bonds is 4. The van der Waals surface area contributed by atoms with E-state index >= 15 is 0 Å².